The second kappa shape index (κ2) is 8.78. The van der Waals surface area contributed by atoms with Crippen LogP contribution in [0.4, 0.5) is 5.13 Å². The number of allylic oxidation sites excluding steroid dienone is 1. The molecule has 4 aromatic rings. The van der Waals surface area contributed by atoms with E-state index in [0.717, 1.165) is 38.9 Å². The number of hydrogen-bond donors (Lipinski definition) is 1. The summed E-state index contributed by atoms with van der Waals surface area (Å²) < 4.78 is 11.7. The molecule has 0 fully saturated rings. The lowest BCUT2D eigenvalue weighted by Crippen LogP contribution is -2.08. The first kappa shape index (κ1) is 20.9. The lowest BCUT2D eigenvalue weighted by molar-refractivity contribution is -0.111. The van der Waals surface area contributed by atoms with E-state index < -0.39 is 0 Å². The molecule has 6 heteroatoms. The summed E-state index contributed by atoms with van der Waals surface area (Å²) in [6, 6.07) is 12.3. The first-order valence-electron chi connectivity index (χ1n) is 10.1. The predicted molar refractivity (Wildman–Crippen MR) is 127 cm³/mol. The van der Waals surface area contributed by atoms with Crippen LogP contribution in [0.5, 0.6) is 5.75 Å². The smallest absolute Gasteiger partial charge is 0.250 e. The number of fused-ring (bicyclic) bond motifs is 1. The van der Waals surface area contributed by atoms with E-state index in [1.807, 2.05) is 38.3 Å². The molecule has 0 bridgehead atoms. The fourth-order valence-electron chi connectivity index (χ4n) is 3.42. The quantitative estimate of drug-likeness (QED) is 0.348. The van der Waals surface area contributed by atoms with E-state index >= 15 is 0 Å². The Bertz CT molecular complexity index is 1270. The van der Waals surface area contributed by atoms with Gasteiger partial charge < -0.3 is 9.15 Å². The zero-order valence-corrected chi connectivity index (χ0v) is 18.8. The summed E-state index contributed by atoms with van der Waals surface area (Å²) in [5, 5.41) is 6.29. The number of anilines is 1. The van der Waals surface area contributed by atoms with Crippen molar-refractivity contribution in [3.63, 3.8) is 0 Å². The zero-order chi connectivity index (χ0) is 22.0. The molecule has 0 unspecified atom stereocenters. The number of carbonyl (C=O) groups excluding carboxylic acids is 1. The first-order valence-corrected chi connectivity index (χ1v) is 11.0. The maximum Gasteiger partial charge on any atom is 0.250 e. The number of furan rings is 1. The van der Waals surface area contributed by atoms with Gasteiger partial charge in [-0.1, -0.05) is 29.8 Å². The topological polar surface area (TPSA) is 64.4 Å². The molecule has 4 rings (SSSR count). The van der Waals surface area contributed by atoms with E-state index in [2.05, 4.69) is 41.5 Å². The van der Waals surface area contributed by atoms with Crippen molar-refractivity contribution in [2.24, 2.45) is 0 Å². The van der Waals surface area contributed by atoms with Crippen LogP contribution < -0.4 is 10.1 Å². The van der Waals surface area contributed by atoms with Gasteiger partial charge in [0.05, 0.1) is 18.6 Å². The summed E-state index contributed by atoms with van der Waals surface area (Å²) in [4.78, 5) is 16.8. The number of aromatic nitrogens is 1. The molecule has 0 spiro atoms. The Balaban J connectivity index is 1.73. The Morgan fingerprint density at radius 1 is 1.23 bits per heavy atom. The fraction of sp³-hybridized carbons (Fsp3) is 0.200. The van der Waals surface area contributed by atoms with Gasteiger partial charge in [0, 0.05) is 34.0 Å². The summed E-state index contributed by atoms with van der Waals surface area (Å²) in [6.07, 6.45) is 3.34. The minimum atomic E-state index is -0.222. The van der Waals surface area contributed by atoms with Gasteiger partial charge >= 0.3 is 0 Å². The standard InChI is InChI=1S/C25H24N2O3S/c1-5-29-22-12-23-20(21(13-30-23)18-8-6-15(2)7-9-18)11-19(22)16(3)10-24(28)27-25-26-17(4)14-31-25/h6-14H,5H2,1-4H3,(H,26,27,28)/b16-10+. The molecular formula is C25H24N2O3S. The number of nitrogens with one attached hydrogen (secondary N) is 1. The highest BCUT2D eigenvalue weighted by Crippen LogP contribution is 2.37. The summed E-state index contributed by atoms with van der Waals surface area (Å²) in [6.45, 7) is 8.32. The second-order valence-corrected chi connectivity index (χ2v) is 8.26. The van der Waals surface area contributed by atoms with Crippen molar-refractivity contribution >= 4 is 38.9 Å². The summed E-state index contributed by atoms with van der Waals surface area (Å²) >= 11 is 1.41. The van der Waals surface area contributed by atoms with Crippen LogP contribution in [-0.4, -0.2) is 17.5 Å². The van der Waals surface area contributed by atoms with Crippen LogP contribution in [0.1, 0.15) is 30.7 Å². The van der Waals surface area contributed by atoms with Gasteiger partial charge in [-0.15, -0.1) is 11.3 Å². The molecule has 1 amide bonds. The fourth-order valence-corrected chi connectivity index (χ4v) is 4.11. The third kappa shape index (κ3) is 4.54. The third-order valence-electron chi connectivity index (χ3n) is 4.96. The maximum atomic E-state index is 12.5. The zero-order valence-electron chi connectivity index (χ0n) is 18.0. The molecule has 1 N–H and O–H groups in total. The molecule has 31 heavy (non-hydrogen) atoms. The molecule has 2 heterocycles. The van der Waals surface area contributed by atoms with Crippen molar-refractivity contribution < 1.29 is 13.9 Å². The number of benzene rings is 2. The lowest BCUT2D eigenvalue weighted by Gasteiger charge is -2.11. The monoisotopic (exact) mass is 432 g/mol. The van der Waals surface area contributed by atoms with Crippen LogP contribution in [-0.2, 0) is 4.79 Å². The largest absolute Gasteiger partial charge is 0.493 e. The maximum absolute atomic E-state index is 12.5. The minimum absolute atomic E-state index is 0.222. The number of ether oxygens (including phenoxy) is 1. The van der Waals surface area contributed by atoms with Crippen LogP contribution in [0, 0.1) is 13.8 Å². The molecule has 2 aromatic carbocycles. The van der Waals surface area contributed by atoms with Crippen molar-refractivity contribution in [1.29, 1.82) is 0 Å². The summed E-state index contributed by atoms with van der Waals surface area (Å²) in [7, 11) is 0. The number of nitrogens with zero attached hydrogens (tertiary/aromatic N) is 1. The molecule has 5 nitrogen and oxygen atoms in total. The van der Waals surface area contributed by atoms with Crippen molar-refractivity contribution in [3.05, 3.63) is 70.9 Å². The average molecular weight is 433 g/mol. The Morgan fingerprint density at radius 3 is 2.68 bits per heavy atom. The number of amides is 1. The Morgan fingerprint density at radius 2 is 2.00 bits per heavy atom. The van der Waals surface area contributed by atoms with Gasteiger partial charge in [0.2, 0.25) is 5.91 Å². The van der Waals surface area contributed by atoms with Crippen LogP contribution in [0.15, 0.2) is 58.5 Å². The van der Waals surface area contributed by atoms with Gasteiger partial charge in [-0.25, -0.2) is 4.98 Å². The molecule has 0 atom stereocenters. The SMILES string of the molecule is CCOc1cc2occ(-c3ccc(C)cc3)c2cc1/C(C)=C/C(=O)Nc1nc(C)cs1. The highest BCUT2D eigenvalue weighted by Gasteiger charge is 2.15. The predicted octanol–water partition coefficient (Wildman–Crippen LogP) is 6.61. The van der Waals surface area contributed by atoms with Crippen LogP contribution in [0.2, 0.25) is 0 Å². The molecule has 0 saturated heterocycles. The van der Waals surface area contributed by atoms with Gasteiger partial charge in [0.1, 0.15) is 11.3 Å². The van der Waals surface area contributed by atoms with E-state index in [4.69, 9.17) is 9.15 Å². The van der Waals surface area contributed by atoms with E-state index in [1.54, 1.807) is 12.3 Å². The Labute approximate surface area is 185 Å². The number of aryl methyl sites for hydroxylation is 2. The van der Waals surface area contributed by atoms with Crippen molar-refractivity contribution in [2.75, 3.05) is 11.9 Å². The molecule has 0 aliphatic heterocycles. The van der Waals surface area contributed by atoms with Gasteiger partial charge in [-0.2, -0.15) is 0 Å². The average Bonchev–Trinajstić information content (AvgIpc) is 3.33. The number of hydrogen-bond acceptors (Lipinski definition) is 5. The molecule has 158 valence electrons. The summed E-state index contributed by atoms with van der Waals surface area (Å²) in [5.41, 5.74) is 6.58. The van der Waals surface area contributed by atoms with Crippen LogP contribution >= 0.6 is 11.3 Å². The van der Waals surface area contributed by atoms with Crippen LogP contribution in [0.25, 0.3) is 27.7 Å². The Hall–Kier alpha value is -3.38. The number of rotatable bonds is 6. The first-order chi connectivity index (χ1) is 14.9. The molecule has 0 aliphatic carbocycles. The van der Waals surface area contributed by atoms with E-state index in [1.165, 1.54) is 16.9 Å². The van der Waals surface area contributed by atoms with Gasteiger partial charge in [-0.05, 0) is 44.9 Å². The lowest BCUT2D eigenvalue weighted by atomic mass is 9.99. The highest BCUT2D eigenvalue weighted by molar-refractivity contribution is 7.13. The number of thiazole rings is 1. The molecule has 0 aliphatic rings. The van der Waals surface area contributed by atoms with Crippen LogP contribution in [0.3, 0.4) is 0 Å². The van der Waals surface area contributed by atoms with Gasteiger partial charge in [0.15, 0.2) is 5.13 Å². The van der Waals surface area contributed by atoms with Crippen molar-refractivity contribution in [2.45, 2.75) is 27.7 Å². The van der Waals surface area contributed by atoms with Gasteiger partial charge in [-0.3, -0.25) is 10.1 Å². The minimum Gasteiger partial charge on any atom is -0.493 e. The van der Waals surface area contributed by atoms with E-state index in [0.29, 0.717) is 17.5 Å². The van der Waals surface area contributed by atoms with Crippen molar-refractivity contribution in [1.82, 2.24) is 4.98 Å². The molecule has 0 saturated carbocycles. The third-order valence-corrected chi connectivity index (χ3v) is 5.84. The molecular weight excluding hydrogens is 408 g/mol. The van der Waals surface area contributed by atoms with E-state index in [-0.39, 0.29) is 5.91 Å². The van der Waals surface area contributed by atoms with Gasteiger partial charge in [0.25, 0.3) is 0 Å². The second-order valence-electron chi connectivity index (χ2n) is 7.40. The highest BCUT2D eigenvalue weighted by atomic mass is 32.1. The summed E-state index contributed by atoms with van der Waals surface area (Å²) in [5.74, 6) is 0.465. The number of carbonyl (C=O) groups is 1. The normalized spacial score (nSPS) is 11.7. The van der Waals surface area contributed by atoms with Crippen molar-refractivity contribution in [3.8, 4) is 16.9 Å². The van der Waals surface area contributed by atoms with E-state index in [9.17, 15) is 4.79 Å². The Kier molecular flexibility index (Phi) is 5.91. The molecule has 0 radical (unpaired) electrons. The molecule has 2 aromatic heterocycles.